The Labute approximate surface area is 222 Å². The Balaban J connectivity index is 0.00000225. The van der Waals surface area contributed by atoms with Crippen molar-refractivity contribution in [2.45, 2.75) is 6.92 Å². The summed E-state index contributed by atoms with van der Waals surface area (Å²) in [5, 5.41) is 13.2. The summed E-state index contributed by atoms with van der Waals surface area (Å²) >= 11 is 10.1. The van der Waals surface area contributed by atoms with E-state index >= 15 is 0 Å². The van der Waals surface area contributed by atoms with Gasteiger partial charge in [0.1, 0.15) is 4.20 Å². The quantitative estimate of drug-likeness (QED) is 0.237. The molecule has 1 aliphatic heterocycles. The number of rotatable bonds is 3. The van der Waals surface area contributed by atoms with Gasteiger partial charge in [0.15, 0.2) is 0 Å². The van der Waals surface area contributed by atoms with Crippen LogP contribution >= 0.6 is 39.9 Å². The third kappa shape index (κ3) is 3.81. The van der Waals surface area contributed by atoms with E-state index in [0.29, 0.717) is 37.0 Å². The predicted molar refractivity (Wildman–Crippen MR) is 114 cm³/mol. The Hall–Kier alpha value is -0.454. The number of halogens is 1. The van der Waals surface area contributed by atoms with Crippen LogP contribution in [0.2, 0.25) is 0 Å². The maximum atomic E-state index is 13.2. The fourth-order valence-electron chi connectivity index (χ4n) is 3.12. The van der Waals surface area contributed by atoms with Gasteiger partial charge < -0.3 is 14.2 Å². The first-order chi connectivity index (χ1) is 13.0. The Kier molecular flexibility index (Phi) is 7.26. The summed E-state index contributed by atoms with van der Waals surface area (Å²) in [4.78, 5) is 13.2. The van der Waals surface area contributed by atoms with Gasteiger partial charge in [-0.25, -0.2) is 4.79 Å². The number of hydrogen-bond acceptors (Lipinski definition) is 5. The molecule has 0 spiro atoms. The molecule has 0 saturated carbocycles. The van der Waals surface area contributed by atoms with Crippen LogP contribution in [-0.2, 0) is 4.74 Å². The molecule has 0 radical (unpaired) electrons. The number of thiocarbonyl (C=S) groups is 1. The van der Waals surface area contributed by atoms with Crippen LogP contribution in [0.15, 0.2) is 53.1 Å². The van der Waals surface area contributed by atoms with Crippen molar-refractivity contribution in [3.05, 3.63) is 75.5 Å². The first-order valence-electron chi connectivity index (χ1n) is 8.22. The van der Waals surface area contributed by atoms with Crippen LogP contribution in [0, 0.1) is 0 Å². The summed E-state index contributed by atoms with van der Waals surface area (Å²) < 4.78 is 8.59. The smallest absolute Gasteiger partial charge is 0.871 e. The van der Waals surface area contributed by atoms with E-state index in [1.807, 2.05) is 40.9 Å². The Morgan fingerprint density at radius 1 is 1.25 bits per heavy atom. The Morgan fingerprint density at radius 2 is 1.96 bits per heavy atom. The molecule has 8 heteroatoms. The van der Waals surface area contributed by atoms with Gasteiger partial charge in [-0.3, -0.25) is 0 Å². The van der Waals surface area contributed by atoms with Crippen LogP contribution < -0.4 is 56.5 Å². The van der Waals surface area contributed by atoms with Crippen LogP contribution in [0.3, 0.4) is 0 Å². The minimum atomic E-state index is -0.450. The van der Waals surface area contributed by atoms with Gasteiger partial charge in [0.2, 0.25) is 0 Å². The van der Waals surface area contributed by atoms with Crippen molar-refractivity contribution in [2.75, 3.05) is 6.61 Å². The second kappa shape index (κ2) is 9.14. The number of hydrogen-bond donors (Lipinski definition) is 0. The molecule has 0 N–H and O–H groups in total. The van der Waals surface area contributed by atoms with Crippen molar-refractivity contribution in [1.82, 2.24) is 4.40 Å². The molecule has 0 amide bonds. The first-order valence-corrected chi connectivity index (χ1v) is 10.2. The average molecular weight is 498 g/mol. The summed E-state index contributed by atoms with van der Waals surface area (Å²) in [7, 11) is 0. The maximum absolute atomic E-state index is 13.2. The molecule has 2 aromatic heterocycles. The third-order valence-electron chi connectivity index (χ3n) is 4.25. The zero-order valence-corrected chi connectivity index (χ0v) is 21.5. The number of pyridine rings is 1. The van der Waals surface area contributed by atoms with Crippen LogP contribution in [-0.4, -0.2) is 21.2 Å². The van der Waals surface area contributed by atoms with Crippen molar-refractivity contribution in [1.29, 1.82) is 0 Å². The largest absolute Gasteiger partial charge is 1.00 e. The molecule has 28 heavy (non-hydrogen) atoms. The van der Waals surface area contributed by atoms with Crippen LogP contribution in [0.4, 0.5) is 0 Å². The van der Waals surface area contributed by atoms with Crippen molar-refractivity contribution in [2.24, 2.45) is 0 Å². The van der Waals surface area contributed by atoms with E-state index in [4.69, 9.17) is 17.0 Å². The summed E-state index contributed by atoms with van der Waals surface area (Å²) in [5.74, 6) is -0.607. The van der Waals surface area contributed by atoms with Crippen molar-refractivity contribution in [3.8, 4) is 0 Å². The van der Waals surface area contributed by atoms with Gasteiger partial charge in [0.25, 0.3) is 0 Å². The molecule has 0 saturated heterocycles. The topological polar surface area (TPSA) is 53.8 Å². The molecule has 3 heterocycles. The molecule has 4 nitrogen and oxygen atoms in total. The van der Waals surface area contributed by atoms with E-state index in [2.05, 4.69) is 15.9 Å². The van der Waals surface area contributed by atoms with Crippen molar-refractivity contribution >= 4 is 66.3 Å². The van der Waals surface area contributed by atoms with Gasteiger partial charge in [0.05, 0.1) is 23.4 Å². The predicted octanol–water partition coefficient (Wildman–Crippen LogP) is 1.49. The number of ether oxygens (including phenoxy) is 1. The van der Waals surface area contributed by atoms with E-state index in [1.54, 1.807) is 19.1 Å². The van der Waals surface area contributed by atoms with Crippen LogP contribution in [0.25, 0.3) is 16.2 Å². The van der Waals surface area contributed by atoms with E-state index in [0.717, 1.165) is 4.47 Å². The number of nitrogens with zero attached hydrogens (tertiary/aromatic N) is 1. The summed E-state index contributed by atoms with van der Waals surface area (Å²) in [5.41, 5.74) is 2.89. The molecule has 4 rings (SSSR count). The van der Waals surface area contributed by atoms with E-state index in [9.17, 15) is 9.90 Å². The molecular weight excluding hydrogens is 485 g/mol. The Bertz CT molecular complexity index is 1120. The minimum Gasteiger partial charge on any atom is -0.871 e. The van der Waals surface area contributed by atoms with Crippen LogP contribution in [0.1, 0.15) is 34.1 Å². The van der Waals surface area contributed by atoms with Crippen LogP contribution in [0.5, 0.6) is 0 Å². The van der Waals surface area contributed by atoms with Gasteiger partial charge in [-0.15, -0.1) is 0 Å². The molecule has 0 aliphatic carbocycles. The normalized spacial score (nSPS) is 14.6. The van der Waals surface area contributed by atoms with Gasteiger partial charge in [0, 0.05) is 21.1 Å². The number of carbonyl (C=O) groups excluding carboxylic acids is 1. The van der Waals surface area contributed by atoms with Gasteiger partial charge in [-0.1, -0.05) is 63.9 Å². The number of fused-ring (bicyclic) bond motifs is 3. The van der Waals surface area contributed by atoms with E-state index in [-0.39, 0.29) is 63.8 Å². The first kappa shape index (κ1) is 22.2. The maximum Gasteiger partial charge on any atom is 1.00 e. The molecule has 1 aromatic carbocycles. The minimum absolute atomic E-state index is 0. The number of aromatic nitrogens is 1. The summed E-state index contributed by atoms with van der Waals surface area (Å²) in [6, 6.07) is 12.7. The number of benzene rings is 1. The van der Waals surface area contributed by atoms with Crippen molar-refractivity contribution < 1.29 is 66.0 Å². The third-order valence-corrected chi connectivity index (χ3v) is 6.20. The van der Waals surface area contributed by atoms with Gasteiger partial charge in [-0.2, -0.15) is 0 Å². The molecule has 3 aromatic rings. The molecule has 0 bridgehead atoms. The standard InChI is InChI=1S/C20H14BrNO3S2.K/c1-2-25-19(24)14-13-5-3-4-10-22(13)16-15(14)18(27-20(16)26)17(23)11-6-8-12(21)9-7-11;/h3-10,23H,2H2,1H3;/q;+1/p-1/b18-17+;. The van der Waals surface area contributed by atoms with Gasteiger partial charge in [-0.05, 0) is 36.8 Å². The second-order valence-electron chi connectivity index (χ2n) is 5.83. The Morgan fingerprint density at radius 3 is 2.64 bits per heavy atom. The monoisotopic (exact) mass is 497 g/mol. The number of thioether (sulfide) groups is 1. The zero-order chi connectivity index (χ0) is 19.1. The second-order valence-corrected chi connectivity index (χ2v) is 8.43. The van der Waals surface area contributed by atoms with Crippen molar-refractivity contribution in [3.63, 3.8) is 0 Å². The number of esters is 1. The fraction of sp³-hybridized carbons (Fsp3) is 0.100. The zero-order valence-electron chi connectivity index (χ0n) is 15.2. The van der Waals surface area contributed by atoms with E-state index in [1.165, 1.54) is 11.8 Å². The average Bonchev–Trinajstić information content (AvgIpc) is 3.17. The van der Waals surface area contributed by atoms with Gasteiger partial charge >= 0.3 is 57.4 Å². The summed E-state index contributed by atoms with van der Waals surface area (Å²) in [6.45, 7) is 2.01. The molecule has 0 fully saturated rings. The SMILES string of the molecule is CCOC(=O)c1c2c(n3ccccc13)C(=S)S/C2=C(/[O-])c1ccc(Br)cc1.[K+]. The molecule has 1 aliphatic rings. The molecule has 0 unspecified atom stereocenters. The fourth-order valence-corrected chi connectivity index (χ4v) is 4.83. The van der Waals surface area contributed by atoms with E-state index < -0.39 is 5.97 Å². The summed E-state index contributed by atoms with van der Waals surface area (Å²) in [6.07, 6.45) is 1.84. The molecule has 136 valence electrons. The number of carbonyl (C=O) groups is 1. The molecular formula is C20H13BrKNO3S2. The molecule has 0 atom stereocenters.